The highest BCUT2D eigenvalue weighted by molar-refractivity contribution is 5.92. The van der Waals surface area contributed by atoms with Crippen molar-refractivity contribution in [3.63, 3.8) is 0 Å². The minimum absolute atomic E-state index is 0.0461. The lowest BCUT2D eigenvalue weighted by atomic mass is 9.56. The highest BCUT2D eigenvalue weighted by Gasteiger charge is 2.56. The molecule has 24 heavy (non-hydrogen) atoms. The van der Waals surface area contributed by atoms with Gasteiger partial charge in [-0.15, -0.1) is 0 Å². The lowest BCUT2D eigenvalue weighted by molar-refractivity contribution is -0.132. The van der Waals surface area contributed by atoms with Gasteiger partial charge in [0.15, 0.2) is 0 Å². The molecular formula is C20H18N2O2. The zero-order chi connectivity index (χ0) is 17.2. The third kappa shape index (κ3) is 2.48. The summed E-state index contributed by atoms with van der Waals surface area (Å²) in [5, 5.41) is 10.00. The van der Waals surface area contributed by atoms with Crippen molar-refractivity contribution in [1.82, 2.24) is 0 Å². The predicted molar refractivity (Wildman–Crippen MR) is 89.8 cm³/mol. The van der Waals surface area contributed by atoms with E-state index in [0.29, 0.717) is 0 Å². The largest absolute Gasteiger partial charge is 0.368 e. The van der Waals surface area contributed by atoms with Gasteiger partial charge < -0.3 is 5.73 Å². The first kappa shape index (κ1) is 15.9. The van der Waals surface area contributed by atoms with Gasteiger partial charge in [-0.3, -0.25) is 9.59 Å². The van der Waals surface area contributed by atoms with Gasteiger partial charge in [-0.05, 0) is 11.1 Å². The van der Waals surface area contributed by atoms with Gasteiger partial charge in [-0.1, -0.05) is 60.7 Å². The average Bonchev–Trinajstić information content (AvgIpc) is 2.62. The molecule has 3 rings (SSSR count). The minimum Gasteiger partial charge on any atom is -0.368 e. The Morgan fingerprint density at radius 2 is 1.38 bits per heavy atom. The fourth-order valence-electron chi connectivity index (χ4n) is 3.79. The molecule has 4 heteroatoms. The van der Waals surface area contributed by atoms with E-state index >= 15 is 0 Å². The number of benzene rings is 2. The van der Waals surface area contributed by atoms with Gasteiger partial charge in [0.05, 0.1) is 6.07 Å². The predicted octanol–water partition coefficient (Wildman–Crippen LogP) is 2.91. The van der Waals surface area contributed by atoms with Crippen molar-refractivity contribution in [2.24, 2.45) is 11.1 Å². The summed E-state index contributed by atoms with van der Waals surface area (Å²) in [6, 6.07) is 20.7. The average molecular weight is 318 g/mol. The molecule has 1 saturated carbocycles. The first-order valence-corrected chi connectivity index (χ1v) is 7.92. The van der Waals surface area contributed by atoms with Crippen LogP contribution in [-0.2, 0) is 9.59 Å². The summed E-state index contributed by atoms with van der Waals surface area (Å²) in [7, 11) is 0. The third-order valence-corrected chi connectivity index (χ3v) is 4.96. The fraction of sp³-hybridized carbons (Fsp3) is 0.250. The molecule has 2 aromatic rings. The fourth-order valence-corrected chi connectivity index (χ4v) is 3.79. The second kappa shape index (κ2) is 6.29. The Balaban J connectivity index is 2.20. The lowest BCUT2D eigenvalue weighted by Gasteiger charge is -2.42. The Kier molecular flexibility index (Phi) is 4.18. The number of rotatable bonds is 3. The number of carbonyl (C=O) groups is 2. The highest BCUT2D eigenvalue weighted by Crippen LogP contribution is 2.53. The molecular weight excluding hydrogens is 300 g/mol. The zero-order valence-corrected chi connectivity index (χ0v) is 13.2. The summed E-state index contributed by atoms with van der Waals surface area (Å²) in [4.78, 5) is 24.9. The number of ketones is 1. The maximum atomic E-state index is 12.5. The molecule has 3 atom stereocenters. The zero-order valence-electron chi connectivity index (χ0n) is 13.2. The molecule has 1 aliphatic carbocycles. The summed E-state index contributed by atoms with van der Waals surface area (Å²) in [6.07, 6.45) is 0.313. The van der Waals surface area contributed by atoms with Crippen molar-refractivity contribution in [1.29, 1.82) is 5.26 Å². The Labute approximate surface area is 140 Å². The van der Waals surface area contributed by atoms with Crippen LogP contribution in [0.1, 0.15) is 35.8 Å². The van der Waals surface area contributed by atoms with Crippen molar-refractivity contribution >= 4 is 11.7 Å². The van der Waals surface area contributed by atoms with E-state index in [4.69, 9.17) is 5.73 Å². The number of nitriles is 1. The van der Waals surface area contributed by atoms with E-state index in [1.165, 1.54) is 0 Å². The van der Waals surface area contributed by atoms with Crippen LogP contribution in [0, 0.1) is 16.7 Å². The maximum Gasteiger partial charge on any atom is 0.239 e. The standard InChI is InChI=1S/C20H18N2O2/c21-13-20(19(22)24)17(14-7-3-1-4-8-14)11-16(23)12-18(20)15-9-5-2-6-10-15/h1-10,17-18H,11-12H2,(H2,22,24)/t17-,18+,20?. The Hall–Kier alpha value is -2.93. The number of hydrogen-bond donors (Lipinski definition) is 1. The third-order valence-electron chi connectivity index (χ3n) is 4.96. The summed E-state index contributed by atoms with van der Waals surface area (Å²) >= 11 is 0. The number of primary amides is 1. The number of hydrogen-bond acceptors (Lipinski definition) is 3. The summed E-state index contributed by atoms with van der Waals surface area (Å²) in [5.41, 5.74) is 5.90. The van der Waals surface area contributed by atoms with E-state index < -0.39 is 23.2 Å². The molecule has 0 spiro atoms. The van der Waals surface area contributed by atoms with Crippen molar-refractivity contribution in [2.45, 2.75) is 24.7 Å². The van der Waals surface area contributed by atoms with E-state index in [0.717, 1.165) is 11.1 Å². The quantitative estimate of drug-likeness (QED) is 0.944. The molecule has 4 nitrogen and oxygen atoms in total. The number of amides is 1. The monoisotopic (exact) mass is 318 g/mol. The van der Waals surface area contributed by atoms with Crippen LogP contribution in [0.15, 0.2) is 60.7 Å². The van der Waals surface area contributed by atoms with Crippen LogP contribution in [-0.4, -0.2) is 11.7 Å². The van der Waals surface area contributed by atoms with E-state index in [2.05, 4.69) is 6.07 Å². The van der Waals surface area contributed by atoms with E-state index in [1.807, 2.05) is 60.7 Å². The molecule has 2 aromatic carbocycles. The molecule has 0 aromatic heterocycles. The van der Waals surface area contributed by atoms with Gasteiger partial charge in [0.2, 0.25) is 5.91 Å². The van der Waals surface area contributed by atoms with Crippen LogP contribution in [0.3, 0.4) is 0 Å². The van der Waals surface area contributed by atoms with Crippen LogP contribution < -0.4 is 5.73 Å². The van der Waals surface area contributed by atoms with E-state index in [-0.39, 0.29) is 18.6 Å². The van der Waals surface area contributed by atoms with Crippen LogP contribution in [0.4, 0.5) is 0 Å². The van der Waals surface area contributed by atoms with Crippen molar-refractivity contribution < 1.29 is 9.59 Å². The molecule has 0 aliphatic heterocycles. The molecule has 0 heterocycles. The number of nitrogens with zero attached hydrogens (tertiary/aromatic N) is 1. The minimum atomic E-state index is -1.43. The molecule has 0 saturated heterocycles. The molecule has 1 fully saturated rings. The van der Waals surface area contributed by atoms with Gasteiger partial charge in [-0.2, -0.15) is 5.26 Å². The lowest BCUT2D eigenvalue weighted by Crippen LogP contribution is -2.49. The van der Waals surface area contributed by atoms with E-state index in [1.54, 1.807) is 0 Å². The van der Waals surface area contributed by atoms with Crippen molar-refractivity contribution in [3.05, 3.63) is 71.8 Å². The molecule has 1 aliphatic rings. The van der Waals surface area contributed by atoms with Gasteiger partial charge in [0, 0.05) is 24.7 Å². The van der Waals surface area contributed by atoms with E-state index in [9.17, 15) is 14.9 Å². The second-order valence-electron chi connectivity index (χ2n) is 6.22. The van der Waals surface area contributed by atoms with Gasteiger partial charge in [0.1, 0.15) is 11.2 Å². The smallest absolute Gasteiger partial charge is 0.239 e. The van der Waals surface area contributed by atoms with Gasteiger partial charge in [-0.25, -0.2) is 0 Å². The van der Waals surface area contributed by atoms with Crippen molar-refractivity contribution in [2.75, 3.05) is 0 Å². The first-order valence-electron chi connectivity index (χ1n) is 7.92. The number of carbonyl (C=O) groups excluding carboxylic acids is 2. The molecule has 1 unspecified atom stereocenters. The number of nitrogens with two attached hydrogens (primary N) is 1. The second-order valence-corrected chi connectivity index (χ2v) is 6.22. The molecule has 0 bridgehead atoms. The summed E-state index contributed by atoms with van der Waals surface area (Å²) < 4.78 is 0. The number of Topliss-reactive ketones (excluding diaryl/α,β-unsaturated/α-hetero) is 1. The summed E-state index contributed by atoms with van der Waals surface area (Å²) in [5.74, 6) is -1.69. The Morgan fingerprint density at radius 3 is 1.71 bits per heavy atom. The molecule has 0 radical (unpaired) electrons. The highest BCUT2D eigenvalue weighted by atomic mass is 16.1. The summed E-state index contributed by atoms with van der Waals surface area (Å²) in [6.45, 7) is 0. The molecule has 120 valence electrons. The van der Waals surface area contributed by atoms with Gasteiger partial charge >= 0.3 is 0 Å². The van der Waals surface area contributed by atoms with Crippen LogP contribution in [0.25, 0.3) is 0 Å². The first-order chi connectivity index (χ1) is 11.6. The molecule has 1 amide bonds. The topological polar surface area (TPSA) is 83.9 Å². The Bertz CT molecular complexity index is 742. The normalized spacial score (nSPS) is 26.5. The van der Waals surface area contributed by atoms with Crippen LogP contribution in [0.5, 0.6) is 0 Å². The molecule has 2 N–H and O–H groups in total. The van der Waals surface area contributed by atoms with Crippen LogP contribution in [0.2, 0.25) is 0 Å². The Morgan fingerprint density at radius 1 is 0.958 bits per heavy atom. The van der Waals surface area contributed by atoms with Gasteiger partial charge in [0.25, 0.3) is 0 Å². The SMILES string of the molecule is N#CC1(C(N)=O)[C@@H](c2ccccc2)CC(=O)C[C@H]1c1ccccc1. The van der Waals surface area contributed by atoms with Crippen molar-refractivity contribution in [3.8, 4) is 6.07 Å². The van der Waals surface area contributed by atoms with Crippen LogP contribution >= 0.6 is 0 Å². The maximum absolute atomic E-state index is 12.5.